The van der Waals surface area contributed by atoms with Crippen LogP contribution < -0.4 is 9.80 Å². The van der Waals surface area contributed by atoms with Gasteiger partial charge in [-0.05, 0) is 106 Å². The summed E-state index contributed by atoms with van der Waals surface area (Å²) in [4.78, 5) is 4.74. The first-order valence-corrected chi connectivity index (χ1v) is 15.6. The maximum Gasteiger partial charge on any atom is 0.0509 e. The van der Waals surface area contributed by atoms with Crippen molar-refractivity contribution >= 4 is 44.9 Å². The first-order valence-electron chi connectivity index (χ1n) is 15.6. The van der Waals surface area contributed by atoms with Crippen LogP contribution in [0.5, 0.6) is 0 Å². The van der Waals surface area contributed by atoms with Crippen molar-refractivity contribution in [2.75, 3.05) is 9.80 Å². The van der Waals surface area contributed by atoms with Gasteiger partial charge in [0.1, 0.15) is 0 Å². The number of fused-ring (bicyclic) bond motifs is 3. The molecule has 8 rings (SSSR count). The largest absolute Gasteiger partial charge is 0.311 e. The summed E-state index contributed by atoms with van der Waals surface area (Å²) in [6, 6.07) is 61.3. The summed E-state index contributed by atoms with van der Waals surface area (Å²) < 4.78 is 0. The molecule has 216 valence electrons. The lowest BCUT2D eigenvalue weighted by Crippen LogP contribution is -2.30. The summed E-state index contributed by atoms with van der Waals surface area (Å²) in [6.45, 7) is 4.73. The molecule has 0 saturated heterocycles. The Labute approximate surface area is 265 Å². The lowest BCUT2D eigenvalue weighted by Gasteiger charge is -2.42. The highest BCUT2D eigenvalue weighted by Gasteiger charge is 2.37. The normalized spacial score (nSPS) is 13.2. The van der Waals surface area contributed by atoms with E-state index in [9.17, 15) is 0 Å². The number of anilines is 6. The molecular weight excluding hydrogens is 544 g/mol. The fourth-order valence-electron chi connectivity index (χ4n) is 6.86. The maximum absolute atomic E-state index is 2.44. The average molecular weight is 579 g/mol. The van der Waals surface area contributed by atoms with Crippen LogP contribution >= 0.6 is 0 Å². The molecule has 0 N–H and O–H groups in total. The molecule has 45 heavy (non-hydrogen) atoms. The van der Waals surface area contributed by atoms with E-state index >= 15 is 0 Å². The fraction of sp³-hybridized carbons (Fsp3) is 0.0698. The Morgan fingerprint density at radius 3 is 1.53 bits per heavy atom. The second kappa shape index (κ2) is 10.8. The summed E-state index contributed by atoms with van der Waals surface area (Å²) in [5, 5.41) is 2.53. The van der Waals surface area contributed by atoms with E-state index in [1.165, 1.54) is 50.1 Å². The highest BCUT2D eigenvalue weighted by Crippen LogP contribution is 2.53. The van der Waals surface area contributed by atoms with Crippen molar-refractivity contribution in [3.63, 3.8) is 0 Å². The molecule has 0 aliphatic carbocycles. The van der Waals surface area contributed by atoms with Crippen molar-refractivity contribution in [1.82, 2.24) is 0 Å². The summed E-state index contributed by atoms with van der Waals surface area (Å²) in [6.07, 6.45) is 0. The highest BCUT2D eigenvalue weighted by molar-refractivity contribution is 5.95. The summed E-state index contributed by atoms with van der Waals surface area (Å²) >= 11 is 0. The molecule has 0 radical (unpaired) electrons. The van der Waals surface area contributed by atoms with Crippen LogP contribution in [0.4, 0.5) is 34.1 Å². The summed E-state index contributed by atoms with van der Waals surface area (Å²) in [5.41, 5.74) is 12.0. The molecule has 1 heterocycles. The first-order chi connectivity index (χ1) is 22.1. The van der Waals surface area contributed by atoms with Crippen molar-refractivity contribution in [3.8, 4) is 11.1 Å². The van der Waals surface area contributed by atoms with Crippen LogP contribution in [0, 0.1) is 0 Å². The molecule has 7 aromatic carbocycles. The van der Waals surface area contributed by atoms with Gasteiger partial charge < -0.3 is 9.80 Å². The SMILES string of the molecule is CC1(C)c2cc(-c3ccc(N(c4ccccc4)c4ccccc4)cc3)ccc2N(c2ccccc2)c2cc3ccccc3cc21. The van der Waals surface area contributed by atoms with Gasteiger partial charge in [-0.1, -0.05) is 111 Å². The first kappa shape index (κ1) is 27.0. The number of hydrogen-bond acceptors (Lipinski definition) is 2. The fourth-order valence-corrected chi connectivity index (χ4v) is 6.86. The standard InChI is InChI=1S/C43H34N2/c1-43(2)39-29-34(31-22-25-38(26-23-31)44(35-16-6-3-7-17-35)36-18-8-4-9-19-36)24-27-41(39)45(37-20-10-5-11-21-37)42-30-33-15-13-12-14-32(33)28-40(42)43/h3-30H,1-2H3. The quantitative estimate of drug-likeness (QED) is 0.200. The maximum atomic E-state index is 2.44. The van der Waals surface area contributed by atoms with E-state index in [0.29, 0.717) is 0 Å². The lowest BCUT2D eigenvalue weighted by atomic mass is 9.72. The summed E-state index contributed by atoms with van der Waals surface area (Å²) in [7, 11) is 0. The van der Waals surface area contributed by atoms with Crippen molar-refractivity contribution in [2.24, 2.45) is 0 Å². The minimum atomic E-state index is -0.187. The molecule has 2 nitrogen and oxygen atoms in total. The zero-order valence-electron chi connectivity index (χ0n) is 25.6. The van der Waals surface area contributed by atoms with E-state index in [-0.39, 0.29) is 5.41 Å². The number of benzene rings is 7. The number of para-hydroxylation sites is 3. The van der Waals surface area contributed by atoms with Gasteiger partial charge in [-0.2, -0.15) is 0 Å². The second-order valence-electron chi connectivity index (χ2n) is 12.3. The average Bonchev–Trinajstić information content (AvgIpc) is 3.10. The second-order valence-corrected chi connectivity index (χ2v) is 12.3. The smallest absolute Gasteiger partial charge is 0.0509 e. The van der Waals surface area contributed by atoms with E-state index in [2.05, 4.69) is 194 Å². The van der Waals surface area contributed by atoms with Gasteiger partial charge in [-0.25, -0.2) is 0 Å². The van der Waals surface area contributed by atoms with E-state index < -0.39 is 0 Å². The lowest BCUT2D eigenvalue weighted by molar-refractivity contribution is 0.633. The molecule has 7 aromatic rings. The van der Waals surface area contributed by atoms with Gasteiger partial charge in [0, 0.05) is 28.2 Å². The Morgan fingerprint density at radius 1 is 0.422 bits per heavy atom. The molecule has 0 saturated carbocycles. The molecule has 1 aliphatic rings. The van der Waals surface area contributed by atoms with Crippen LogP contribution in [-0.2, 0) is 5.41 Å². The van der Waals surface area contributed by atoms with Gasteiger partial charge in [0.15, 0.2) is 0 Å². The molecule has 0 atom stereocenters. The third kappa shape index (κ3) is 4.67. The highest BCUT2D eigenvalue weighted by atomic mass is 15.2. The Kier molecular flexibility index (Phi) is 6.50. The minimum Gasteiger partial charge on any atom is -0.311 e. The van der Waals surface area contributed by atoms with Crippen LogP contribution in [0.15, 0.2) is 170 Å². The third-order valence-corrected chi connectivity index (χ3v) is 9.19. The Morgan fingerprint density at radius 2 is 0.911 bits per heavy atom. The van der Waals surface area contributed by atoms with Crippen LogP contribution in [0.1, 0.15) is 25.0 Å². The Hall–Kier alpha value is -5.60. The van der Waals surface area contributed by atoms with E-state index in [4.69, 9.17) is 0 Å². The van der Waals surface area contributed by atoms with Crippen LogP contribution in [0.25, 0.3) is 21.9 Å². The molecule has 1 aliphatic heterocycles. The van der Waals surface area contributed by atoms with Gasteiger partial charge in [0.05, 0.1) is 11.4 Å². The van der Waals surface area contributed by atoms with E-state index in [0.717, 1.165) is 17.1 Å². The molecular formula is C43H34N2. The Bertz CT molecular complexity index is 2080. The van der Waals surface area contributed by atoms with Crippen molar-refractivity contribution in [2.45, 2.75) is 19.3 Å². The van der Waals surface area contributed by atoms with Crippen molar-refractivity contribution in [1.29, 1.82) is 0 Å². The van der Waals surface area contributed by atoms with Crippen LogP contribution in [0.2, 0.25) is 0 Å². The molecule has 0 fully saturated rings. The molecule has 0 spiro atoms. The number of rotatable bonds is 5. The predicted molar refractivity (Wildman–Crippen MR) is 191 cm³/mol. The topological polar surface area (TPSA) is 6.48 Å². The zero-order chi connectivity index (χ0) is 30.4. The number of nitrogens with zero attached hydrogens (tertiary/aromatic N) is 2. The van der Waals surface area contributed by atoms with Gasteiger partial charge >= 0.3 is 0 Å². The van der Waals surface area contributed by atoms with E-state index in [1.807, 2.05) is 0 Å². The van der Waals surface area contributed by atoms with Gasteiger partial charge in [0.2, 0.25) is 0 Å². The minimum absolute atomic E-state index is 0.187. The molecule has 0 bridgehead atoms. The Balaban J connectivity index is 1.24. The van der Waals surface area contributed by atoms with Crippen LogP contribution in [-0.4, -0.2) is 0 Å². The van der Waals surface area contributed by atoms with Gasteiger partial charge in [-0.15, -0.1) is 0 Å². The van der Waals surface area contributed by atoms with Crippen molar-refractivity contribution in [3.05, 3.63) is 181 Å². The van der Waals surface area contributed by atoms with Crippen LogP contribution in [0.3, 0.4) is 0 Å². The monoisotopic (exact) mass is 578 g/mol. The molecule has 0 unspecified atom stereocenters. The predicted octanol–water partition coefficient (Wildman–Crippen LogP) is 12.1. The van der Waals surface area contributed by atoms with E-state index in [1.54, 1.807) is 0 Å². The molecule has 0 amide bonds. The summed E-state index contributed by atoms with van der Waals surface area (Å²) in [5.74, 6) is 0. The van der Waals surface area contributed by atoms with Gasteiger partial charge in [-0.3, -0.25) is 0 Å². The molecule has 0 aromatic heterocycles. The zero-order valence-corrected chi connectivity index (χ0v) is 25.6. The molecule has 2 heteroatoms. The van der Waals surface area contributed by atoms with Gasteiger partial charge in [0.25, 0.3) is 0 Å². The van der Waals surface area contributed by atoms with Crippen molar-refractivity contribution < 1.29 is 0 Å². The third-order valence-electron chi connectivity index (χ3n) is 9.19. The number of hydrogen-bond donors (Lipinski definition) is 0.